The van der Waals surface area contributed by atoms with Gasteiger partial charge in [0, 0.05) is 12.6 Å². The van der Waals surface area contributed by atoms with Gasteiger partial charge in [0.1, 0.15) is 0 Å². The molecule has 23 heavy (non-hydrogen) atoms. The van der Waals surface area contributed by atoms with E-state index in [1.54, 1.807) is 6.08 Å². The van der Waals surface area contributed by atoms with Gasteiger partial charge in [-0.3, -0.25) is 19.6 Å². The number of rotatable bonds is 7. The largest absolute Gasteiger partial charge is 0.358 e. The molecule has 0 unspecified atom stereocenters. The summed E-state index contributed by atoms with van der Waals surface area (Å²) < 4.78 is 0. The monoisotopic (exact) mass is 329 g/mol. The van der Waals surface area contributed by atoms with Gasteiger partial charge in [-0.25, -0.2) is 5.48 Å². The zero-order valence-corrected chi connectivity index (χ0v) is 15.0. The van der Waals surface area contributed by atoms with E-state index in [1.165, 1.54) is 12.5 Å². The molecule has 0 spiro atoms. The number of hydroxylamine groups is 1. The molecular weight excluding hydrogens is 298 g/mol. The summed E-state index contributed by atoms with van der Waals surface area (Å²) in [4.78, 5) is 33.9. The van der Waals surface area contributed by atoms with E-state index in [0.717, 1.165) is 5.92 Å². The first-order valence-corrected chi connectivity index (χ1v) is 7.74. The molecular formula is C16H31N3O4. The Kier molecular flexibility index (Phi) is 14.0. The van der Waals surface area contributed by atoms with Crippen molar-refractivity contribution in [3.63, 3.8) is 0 Å². The van der Waals surface area contributed by atoms with Crippen LogP contribution >= 0.6 is 0 Å². The highest BCUT2D eigenvalue weighted by molar-refractivity contribution is 5.99. The van der Waals surface area contributed by atoms with E-state index in [1.807, 2.05) is 13.8 Å². The summed E-state index contributed by atoms with van der Waals surface area (Å²) in [6.45, 7) is 10.3. The minimum atomic E-state index is -0.676. The number of allylic oxidation sites excluding steroid dienone is 1. The van der Waals surface area contributed by atoms with Crippen molar-refractivity contribution in [3.05, 3.63) is 11.6 Å². The smallest absolute Gasteiger partial charge is 0.247 e. The minimum absolute atomic E-state index is 0.158. The fourth-order valence-electron chi connectivity index (χ4n) is 1.20. The number of hydrogen-bond acceptors (Lipinski definition) is 4. The zero-order chi connectivity index (χ0) is 18.4. The molecule has 0 radical (unpaired) electrons. The van der Waals surface area contributed by atoms with Crippen molar-refractivity contribution in [3.8, 4) is 0 Å². The molecule has 0 rings (SSSR count). The fourth-order valence-corrected chi connectivity index (χ4v) is 1.20. The number of nitrogens with one attached hydrogen (secondary N) is 3. The third kappa shape index (κ3) is 16.3. The molecule has 7 heteroatoms. The highest BCUT2D eigenvalue weighted by Crippen LogP contribution is 2.08. The van der Waals surface area contributed by atoms with E-state index in [-0.39, 0.29) is 24.4 Å². The van der Waals surface area contributed by atoms with Crippen molar-refractivity contribution in [2.45, 2.75) is 47.5 Å². The van der Waals surface area contributed by atoms with Crippen LogP contribution in [0.3, 0.4) is 0 Å². The summed E-state index contributed by atoms with van der Waals surface area (Å²) in [5.74, 6) is -0.333. The summed E-state index contributed by atoms with van der Waals surface area (Å²) >= 11 is 0. The van der Waals surface area contributed by atoms with Crippen LogP contribution in [0.2, 0.25) is 0 Å². The van der Waals surface area contributed by atoms with Crippen LogP contribution in [0, 0.1) is 11.8 Å². The third-order valence-electron chi connectivity index (χ3n) is 2.29. The molecule has 0 aromatic heterocycles. The highest BCUT2D eigenvalue weighted by atomic mass is 16.5. The SMILES string of the molecule is CC(C)C.CNC(=O)CNC(=O)C(=CCC(C)C)CC(=O)NO. The van der Waals surface area contributed by atoms with Crippen LogP contribution in [0.15, 0.2) is 11.6 Å². The van der Waals surface area contributed by atoms with E-state index in [0.29, 0.717) is 12.3 Å². The van der Waals surface area contributed by atoms with E-state index >= 15 is 0 Å². The van der Waals surface area contributed by atoms with E-state index in [9.17, 15) is 14.4 Å². The van der Waals surface area contributed by atoms with Crippen molar-refractivity contribution < 1.29 is 19.6 Å². The van der Waals surface area contributed by atoms with Crippen LogP contribution in [-0.2, 0) is 14.4 Å². The van der Waals surface area contributed by atoms with Crippen LogP contribution in [0.5, 0.6) is 0 Å². The standard InChI is InChI=1S/C12H21N3O4.C4H10/c1-8(2)4-5-9(6-10(16)15-19)12(18)14-7-11(17)13-3;1-4(2)3/h5,8,19H,4,6-7H2,1-3H3,(H,13,17)(H,14,18)(H,15,16);4H,1-3H3. The Morgan fingerprint density at radius 3 is 1.96 bits per heavy atom. The Morgan fingerprint density at radius 1 is 1.04 bits per heavy atom. The van der Waals surface area contributed by atoms with Gasteiger partial charge in [0.15, 0.2) is 0 Å². The van der Waals surface area contributed by atoms with Crippen LogP contribution in [-0.4, -0.2) is 36.5 Å². The van der Waals surface area contributed by atoms with E-state index in [4.69, 9.17) is 5.21 Å². The molecule has 0 aliphatic heterocycles. The van der Waals surface area contributed by atoms with Crippen molar-refractivity contribution in [1.29, 1.82) is 0 Å². The van der Waals surface area contributed by atoms with Crippen LogP contribution in [0.1, 0.15) is 47.5 Å². The lowest BCUT2D eigenvalue weighted by molar-refractivity contribution is -0.129. The van der Waals surface area contributed by atoms with Crippen LogP contribution in [0.25, 0.3) is 0 Å². The summed E-state index contributed by atoms with van der Waals surface area (Å²) in [5.41, 5.74) is 1.70. The molecule has 3 amide bonds. The molecule has 0 aromatic carbocycles. The molecule has 0 aliphatic rings. The third-order valence-corrected chi connectivity index (χ3v) is 2.29. The quantitative estimate of drug-likeness (QED) is 0.321. The number of likely N-dealkylation sites (N-methyl/N-ethyl adjacent to an activating group) is 1. The summed E-state index contributed by atoms with van der Waals surface area (Å²) in [6, 6.07) is 0. The molecule has 7 nitrogen and oxygen atoms in total. The molecule has 134 valence electrons. The summed E-state index contributed by atoms with van der Waals surface area (Å²) in [7, 11) is 1.46. The first-order chi connectivity index (χ1) is 10.6. The Morgan fingerprint density at radius 2 is 1.57 bits per heavy atom. The molecule has 0 aromatic rings. The Bertz CT molecular complexity index is 401. The predicted octanol–water partition coefficient (Wildman–Crippen LogP) is 1.38. The molecule has 4 N–H and O–H groups in total. The second-order valence-corrected chi connectivity index (χ2v) is 6.16. The normalized spacial score (nSPS) is 10.7. The van der Waals surface area contributed by atoms with Gasteiger partial charge >= 0.3 is 0 Å². The van der Waals surface area contributed by atoms with Crippen molar-refractivity contribution >= 4 is 17.7 Å². The molecule has 0 bridgehead atoms. The van der Waals surface area contributed by atoms with Gasteiger partial charge in [0.05, 0.1) is 13.0 Å². The minimum Gasteiger partial charge on any atom is -0.358 e. The Labute approximate surface area is 138 Å². The van der Waals surface area contributed by atoms with Gasteiger partial charge in [0.25, 0.3) is 0 Å². The van der Waals surface area contributed by atoms with Gasteiger partial charge < -0.3 is 10.6 Å². The number of carbonyl (C=O) groups is 3. The topological polar surface area (TPSA) is 108 Å². The lowest BCUT2D eigenvalue weighted by atomic mass is 10.0. The van der Waals surface area contributed by atoms with Crippen molar-refractivity contribution in [2.24, 2.45) is 11.8 Å². The van der Waals surface area contributed by atoms with Gasteiger partial charge in [-0.2, -0.15) is 0 Å². The number of carbonyl (C=O) groups excluding carboxylic acids is 3. The van der Waals surface area contributed by atoms with E-state index in [2.05, 4.69) is 31.4 Å². The number of hydrogen-bond donors (Lipinski definition) is 4. The van der Waals surface area contributed by atoms with Crippen LogP contribution < -0.4 is 16.1 Å². The molecule has 0 saturated heterocycles. The predicted molar refractivity (Wildman–Crippen MR) is 89.7 cm³/mol. The molecule has 0 aliphatic carbocycles. The first-order valence-electron chi connectivity index (χ1n) is 7.74. The average Bonchev–Trinajstić information content (AvgIpc) is 2.47. The Hall–Kier alpha value is -1.89. The lowest BCUT2D eigenvalue weighted by Crippen LogP contribution is -2.36. The van der Waals surface area contributed by atoms with Gasteiger partial charge in [0.2, 0.25) is 17.7 Å². The van der Waals surface area contributed by atoms with Crippen LogP contribution in [0.4, 0.5) is 0 Å². The van der Waals surface area contributed by atoms with Crippen molar-refractivity contribution in [2.75, 3.05) is 13.6 Å². The second kappa shape index (κ2) is 13.8. The summed E-state index contributed by atoms with van der Waals surface area (Å²) in [6.07, 6.45) is 2.03. The maximum atomic E-state index is 11.8. The maximum absolute atomic E-state index is 11.8. The molecule has 0 atom stereocenters. The van der Waals surface area contributed by atoms with Gasteiger partial charge in [-0.1, -0.05) is 40.7 Å². The number of amides is 3. The van der Waals surface area contributed by atoms with Gasteiger partial charge in [-0.05, 0) is 18.3 Å². The molecule has 0 saturated carbocycles. The first kappa shape index (κ1) is 23.4. The zero-order valence-electron chi connectivity index (χ0n) is 15.0. The van der Waals surface area contributed by atoms with E-state index < -0.39 is 11.8 Å². The fraction of sp³-hybridized carbons (Fsp3) is 0.688. The Balaban J connectivity index is 0. The maximum Gasteiger partial charge on any atom is 0.247 e. The second-order valence-electron chi connectivity index (χ2n) is 6.16. The highest BCUT2D eigenvalue weighted by Gasteiger charge is 2.14. The lowest BCUT2D eigenvalue weighted by Gasteiger charge is -2.09. The van der Waals surface area contributed by atoms with Gasteiger partial charge in [-0.15, -0.1) is 0 Å². The molecule has 0 heterocycles. The average molecular weight is 329 g/mol. The van der Waals surface area contributed by atoms with Crippen molar-refractivity contribution in [1.82, 2.24) is 16.1 Å². The summed E-state index contributed by atoms with van der Waals surface area (Å²) in [5, 5.41) is 13.3. The molecule has 0 fully saturated rings.